The molecule has 2 N–H and O–H groups in total. The van der Waals surface area contributed by atoms with Crippen molar-refractivity contribution in [2.24, 2.45) is 5.92 Å². The maximum atomic E-state index is 11.7. The summed E-state index contributed by atoms with van der Waals surface area (Å²) < 4.78 is 9.10. The average molecular weight is 270 g/mol. The second-order valence-corrected chi connectivity index (χ2v) is 4.23. The van der Waals surface area contributed by atoms with Crippen LogP contribution in [0.5, 0.6) is 0 Å². The Bertz CT molecular complexity index is 443. The van der Waals surface area contributed by atoms with Gasteiger partial charge in [0.05, 0.1) is 13.2 Å². The summed E-state index contributed by atoms with van der Waals surface area (Å²) in [5, 5.41) is 15.7. The second kappa shape index (κ2) is 6.89. The first-order valence-electron chi connectivity index (χ1n) is 6.00. The average Bonchev–Trinajstić information content (AvgIpc) is 2.92. The maximum Gasteiger partial charge on any atom is 0.376 e. The van der Waals surface area contributed by atoms with Gasteiger partial charge in [-0.25, -0.2) is 4.79 Å². The Morgan fingerprint density at radius 3 is 2.84 bits per heavy atom. The van der Waals surface area contributed by atoms with E-state index in [4.69, 9.17) is 0 Å². The van der Waals surface area contributed by atoms with Gasteiger partial charge in [0.15, 0.2) is 5.69 Å². The summed E-state index contributed by atoms with van der Waals surface area (Å²) in [6, 6.07) is 1.19. The standard InChI is InChI=1S/C12H18N2O5/c1-4-7(2)9(15)6-13-11(16)8-5-10(19-14-8)12(17)18-3/h5,7,9,15H,4,6H2,1-3H3,(H,13,16)/t7-,9+/m1/s1. The third-order valence-corrected chi connectivity index (χ3v) is 2.90. The lowest BCUT2D eigenvalue weighted by Gasteiger charge is -2.16. The number of aromatic nitrogens is 1. The van der Waals surface area contributed by atoms with E-state index in [1.165, 1.54) is 13.2 Å². The van der Waals surface area contributed by atoms with Crippen LogP contribution in [0.4, 0.5) is 0 Å². The molecule has 1 aromatic rings. The number of carbonyl (C=O) groups excluding carboxylic acids is 2. The van der Waals surface area contributed by atoms with Gasteiger partial charge < -0.3 is 19.7 Å². The van der Waals surface area contributed by atoms with Gasteiger partial charge in [0.25, 0.3) is 5.91 Å². The highest BCUT2D eigenvalue weighted by molar-refractivity contribution is 5.95. The van der Waals surface area contributed by atoms with Crippen LogP contribution in [0.3, 0.4) is 0 Å². The zero-order valence-corrected chi connectivity index (χ0v) is 11.2. The summed E-state index contributed by atoms with van der Waals surface area (Å²) in [5.74, 6) is -1.27. The molecule has 0 aromatic carbocycles. The molecule has 7 nitrogen and oxygen atoms in total. The Morgan fingerprint density at radius 2 is 2.26 bits per heavy atom. The number of hydrogen-bond donors (Lipinski definition) is 2. The van der Waals surface area contributed by atoms with Crippen LogP contribution < -0.4 is 5.32 Å². The Morgan fingerprint density at radius 1 is 1.58 bits per heavy atom. The van der Waals surface area contributed by atoms with Crippen LogP contribution in [0, 0.1) is 5.92 Å². The molecule has 7 heteroatoms. The third-order valence-electron chi connectivity index (χ3n) is 2.90. The number of aliphatic hydroxyl groups is 1. The van der Waals surface area contributed by atoms with Crippen molar-refractivity contribution < 1.29 is 24.0 Å². The van der Waals surface area contributed by atoms with Gasteiger partial charge >= 0.3 is 5.97 Å². The van der Waals surface area contributed by atoms with Crippen molar-refractivity contribution in [2.45, 2.75) is 26.4 Å². The molecule has 19 heavy (non-hydrogen) atoms. The van der Waals surface area contributed by atoms with Crippen molar-refractivity contribution in [1.82, 2.24) is 10.5 Å². The Labute approximate surface area is 110 Å². The molecule has 0 aliphatic rings. The van der Waals surface area contributed by atoms with Crippen LogP contribution >= 0.6 is 0 Å². The minimum absolute atomic E-state index is 0.0308. The van der Waals surface area contributed by atoms with Crippen LogP contribution in [0.2, 0.25) is 0 Å². The largest absolute Gasteiger partial charge is 0.463 e. The fraction of sp³-hybridized carbons (Fsp3) is 0.583. The molecule has 0 spiro atoms. The summed E-state index contributed by atoms with van der Waals surface area (Å²) in [7, 11) is 1.20. The van der Waals surface area contributed by atoms with E-state index in [-0.39, 0.29) is 23.9 Å². The molecular weight excluding hydrogens is 252 g/mol. The van der Waals surface area contributed by atoms with E-state index < -0.39 is 18.0 Å². The molecule has 0 saturated carbocycles. The van der Waals surface area contributed by atoms with Crippen molar-refractivity contribution >= 4 is 11.9 Å². The van der Waals surface area contributed by atoms with Crippen LogP contribution in [0.25, 0.3) is 0 Å². The van der Waals surface area contributed by atoms with E-state index in [1.54, 1.807) is 0 Å². The van der Waals surface area contributed by atoms with Gasteiger partial charge in [-0.2, -0.15) is 0 Å². The van der Waals surface area contributed by atoms with Gasteiger partial charge in [-0.1, -0.05) is 25.4 Å². The first-order valence-corrected chi connectivity index (χ1v) is 6.00. The number of nitrogens with one attached hydrogen (secondary N) is 1. The van der Waals surface area contributed by atoms with Crippen molar-refractivity contribution in [2.75, 3.05) is 13.7 Å². The summed E-state index contributed by atoms with van der Waals surface area (Å²) in [6.45, 7) is 3.96. The third kappa shape index (κ3) is 4.06. The van der Waals surface area contributed by atoms with Gasteiger partial charge in [0.2, 0.25) is 5.76 Å². The van der Waals surface area contributed by atoms with Crippen LogP contribution in [0.1, 0.15) is 41.3 Å². The zero-order valence-electron chi connectivity index (χ0n) is 11.2. The number of ether oxygens (including phenoxy) is 1. The van der Waals surface area contributed by atoms with Gasteiger partial charge in [-0.3, -0.25) is 4.79 Å². The van der Waals surface area contributed by atoms with E-state index in [0.717, 1.165) is 6.42 Å². The lowest BCUT2D eigenvalue weighted by molar-refractivity contribution is 0.0554. The van der Waals surface area contributed by atoms with Gasteiger partial charge in [-0.05, 0) is 5.92 Å². The number of esters is 1. The monoisotopic (exact) mass is 270 g/mol. The summed E-state index contributed by atoms with van der Waals surface area (Å²) in [5.41, 5.74) is -0.0308. The van der Waals surface area contributed by atoms with Gasteiger partial charge in [0, 0.05) is 12.6 Å². The number of methoxy groups -OCH3 is 1. The number of carbonyl (C=O) groups is 2. The van der Waals surface area contributed by atoms with Gasteiger partial charge in [-0.15, -0.1) is 0 Å². The number of hydrogen-bond acceptors (Lipinski definition) is 6. The van der Waals surface area contributed by atoms with Crippen LogP contribution in [-0.2, 0) is 4.74 Å². The van der Waals surface area contributed by atoms with E-state index >= 15 is 0 Å². The highest BCUT2D eigenvalue weighted by Crippen LogP contribution is 2.07. The van der Waals surface area contributed by atoms with Crippen molar-refractivity contribution in [3.05, 3.63) is 17.5 Å². The Kier molecular flexibility index (Phi) is 5.50. The number of amides is 1. The molecule has 0 aliphatic carbocycles. The Hall–Kier alpha value is -1.89. The normalized spacial score (nSPS) is 13.7. The highest BCUT2D eigenvalue weighted by atomic mass is 16.5. The number of aliphatic hydroxyl groups excluding tert-OH is 1. The van der Waals surface area contributed by atoms with E-state index in [2.05, 4.69) is 19.7 Å². The van der Waals surface area contributed by atoms with Crippen molar-refractivity contribution in [1.29, 1.82) is 0 Å². The summed E-state index contributed by atoms with van der Waals surface area (Å²) in [4.78, 5) is 22.8. The molecule has 0 aliphatic heterocycles. The molecule has 106 valence electrons. The number of nitrogens with zero attached hydrogens (tertiary/aromatic N) is 1. The predicted octanol–water partition coefficient (Wildman–Crippen LogP) is 0.598. The zero-order chi connectivity index (χ0) is 14.4. The minimum Gasteiger partial charge on any atom is -0.463 e. The molecule has 1 amide bonds. The predicted molar refractivity (Wildman–Crippen MR) is 65.6 cm³/mol. The fourth-order valence-corrected chi connectivity index (χ4v) is 1.34. The van der Waals surface area contributed by atoms with E-state index in [0.29, 0.717) is 0 Å². The molecule has 0 unspecified atom stereocenters. The topological polar surface area (TPSA) is 102 Å². The molecule has 0 fully saturated rings. The molecule has 1 rings (SSSR count). The SMILES string of the molecule is CC[C@@H](C)[C@@H](O)CNC(=O)c1cc(C(=O)OC)on1. The highest BCUT2D eigenvalue weighted by Gasteiger charge is 2.19. The minimum atomic E-state index is -0.703. The lowest BCUT2D eigenvalue weighted by atomic mass is 10.0. The smallest absolute Gasteiger partial charge is 0.376 e. The first kappa shape index (κ1) is 15.2. The van der Waals surface area contributed by atoms with Gasteiger partial charge in [0.1, 0.15) is 0 Å². The van der Waals surface area contributed by atoms with E-state index in [1.807, 2.05) is 13.8 Å². The Balaban J connectivity index is 2.54. The molecule has 1 heterocycles. The van der Waals surface area contributed by atoms with Crippen molar-refractivity contribution in [3.8, 4) is 0 Å². The molecule has 0 radical (unpaired) electrons. The van der Waals surface area contributed by atoms with Crippen molar-refractivity contribution in [3.63, 3.8) is 0 Å². The molecule has 1 aromatic heterocycles. The van der Waals surface area contributed by atoms with E-state index in [9.17, 15) is 14.7 Å². The number of rotatable bonds is 6. The summed E-state index contributed by atoms with van der Waals surface area (Å²) in [6.07, 6.45) is 0.189. The molecule has 0 saturated heterocycles. The summed E-state index contributed by atoms with van der Waals surface area (Å²) >= 11 is 0. The molecular formula is C12H18N2O5. The lowest BCUT2D eigenvalue weighted by Crippen LogP contribution is -2.35. The second-order valence-electron chi connectivity index (χ2n) is 4.23. The van der Waals surface area contributed by atoms with Crippen LogP contribution in [0.15, 0.2) is 10.6 Å². The molecule has 2 atom stereocenters. The fourth-order valence-electron chi connectivity index (χ4n) is 1.34. The maximum absolute atomic E-state index is 11.7. The first-order chi connectivity index (χ1) is 8.99. The quantitative estimate of drug-likeness (QED) is 0.734. The van der Waals surface area contributed by atoms with Crippen LogP contribution in [-0.4, -0.2) is 41.9 Å². The molecule has 0 bridgehead atoms.